The Morgan fingerprint density at radius 2 is 1.95 bits per heavy atom. The third-order valence-corrected chi connectivity index (χ3v) is 3.19. The van der Waals surface area contributed by atoms with Gasteiger partial charge in [-0.25, -0.2) is 4.63 Å². The Morgan fingerprint density at radius 3 is 2.74 bits per heavy atom. The minimum absolute atomic E-state index is 0.489. The van der Waals surface area contributed by atoms with Crippen LogP contribution in [-0.2, 0) is 0 Å². The van der Waals surface area contributed by atoms with Crippen LogP contribution in [0.2, 0.25) is 5.02 Å². The Balaban J connectivity index is 2.03. The fourth-order valence-electron chi connectivity index (χ4n) is 1.75. The molecule has 3 rings (SSSR count). The molecule has 0 spiro atoms. The second-order valence-corrected chi connectivity index (χ2v) is 4.53. The molecule has 0 aliphatic rings. The molecule has 0 aliphatic carbocycles. The molecular formula is C13H10ClN3O2. The number of rotatable bonds is 2. The van der Waals surface area contributed by atoms with Crippen molar-refractivity contribution in [2.45, 2.75) is 6.92 Å². The predicted octanol–water partition coefficient (Wildman–Crippen LogP) is 3.56. The third kappa shape index (κ3) is 2.08. The fourth-order valence-corrected chi connectivity index (χ4v) is 1.87. The Labute approximate surface area is 113 Å². The van der Waals surface area contributed by atoms with Crippen molar-refractivity contribution in [3.63, 3.8) is 0 Å². The zero-order valence-electron chi connectivity index (χ0n) is 10.1. The van der Waals surface area contributed by atoms with Crippen LogP contribution in [0.25, 0.3) is 11.0 Å². The number of nitrogens with two attached hydrogens (primary N) is 1. The minimum atomic E-state index is 0.489. The first-order chi connectivity index (χ1) is 9.15. The van der Waals surface area contributed by atoms with Crippen molar-refractivity contribution in [3.8, 4) is 11.5 Å². The molecule has 2 N–H and O–H groups in total. The van der Waals surface area contributed by atoms with Crippen molar-refractivity contribution < 1.29 is 9.37 Å². The largest absolute Gasteiger partial charge is 0.455 e. The van der Waals surface area contributed by atoms with Crippen LogP contribution in [0.5, 0.6) is 11.5 Å². The number of aryl methyl sites for hydroxylation is 1. The molecule has 96 valence electrons. The van der Waals surface area contributed by atoms with E-state index in [9.17, 15) is 0 Å². The SMILES string of the molecule is Cc1cc(Oc2ccc(N)c3nonc23)ccc1Cl. The summed E-state index contributed by atoms with van der Waals surface area (Å²) in [7, 11) is 0. The van der Waals surface area contributed by atoms with Crippen molar-refractivity contribution in [3.05, 3.63) is 40.9 Å². The van der Waals surface area contributed by atoms with Crippen molar-refractivity contribution in [2.75, 3.05) is 5.73 Å². The average molecular weight is 276 g/mol. The van der Waals surface area contributed by atoms with Gasteiger partial charge in [0.05, 0.1) is 5.69 Å². The summed E-state index contributed by atoms with van der Waals surface area (Å²) in [5.41, 5.74) is 8.18. The number of nitrogens with zero attached hydrogens (tertiary/aromatic N) is 2. The smallest absolute Gasteiger partial charge is 0.179 e. The van der Waals surface area contributed by atoms with Gasteiger partial charge >= 0.3 is 0 Å². The second kappa shape index (κ2) is 4.44. The predicted molar refractivity (Wildman–Crippen MR) is 72.5 cm³/mol. The van der Waals surface area contributed by atoms with Crippen LogP contribution >= 0.6 is 11.6 Å². The van der Waals surface area contributed by atoms with Crippen molar-refractivity contribution in [2.24, 2.45) is 0 Å². The lowest BCUT2D eigenvalue weighted by molar-refractivity contribution is 0.314. The van der Waals surface area contributed by atoms with Gasteiger partial charge < -0.3 is 10.5 Å². The van der Waals surface area contributed by atoms with Gasteiger partial charge in [0.2, 0.25) is 0 Å². The third-order valence-electron chi connectivity index (χ3n) is 2.77. The van der Waals surface area contributed by atoms with Gasteiger partial charge in [0.15, 0.2) is 16.8 Å². The Morgan fingerprint density at radius 1 is 1.16 bits per heavy atom. The Kier molecular flexibility index (Phi) is 2.76. The van der Waals surface area contributed by atoms with Gasteiger partial charge in [-0.05, 0) is 53.1 Å². The normalized spacial score (nSPS) is 10.8. The van der Waals surface area contributed by atoms with Gasteiger partial charge in [0.1, 0.15) is 5.75 Å². The number of aromatic nitrogens is 2. The topological polar surface area (TPSA) is 74.2 Å². The number of fused-ring (bicyclic) bond motifs is 1. The molecule has 1 heterocycles. The number of hydrogen-bond acceptors (Lipinski definition) is 5. The highest BCUT2D eigenvalue weighted by Crippen LogP contribution is 2.32. The molecule has 1 aromatic heterocycles. The van der Waals surface area contributed by atoms with Gasteiger partial charge in [0, 0.05) is 5.02 Å². The number of nitrogen functional groups attached to an aromatic ring is 1. The molecule has 0 saturated heterocycles. The van der Waals surface area contributed by atoms with E-state index in [0.717, 1.165) is 5.56 Å². The van der Waals surface area contributed by atoms with Gasteiger partial charge in [0.25, 0.3) is 0 Å². The van der Waals surface area contributed by atoms with Gasteiger partial charge in [-0.3, -0.25) is 0 Å². The van der Waals surface area contributed by atoms with Gasteiger partial charge in [-0.1, -0.05) is 11.6 Å². The summed E-state index contributed by atoms with van der Waals surface area (Å²) in [6, 6.07) is 8.83. The van der Waals surface area contributed by atoms with E-state index in [4.69, 9.17) is 22.1 Å². The van der Waals surface area contributed by atoms with Gasteiger partial charge in [-0.2, -0.15) is 0 Å². The zero-order chi connectivity index (χ0) is 13.4. The van der Waals surface area contributed by atoms with Gasteiger partial charge in [-0.15, -0.1) is 0 Å². The first kappa shape index (κ1) is 11.8. The summed E-state index contributed by atoms with van der Waals surface area (Å²) < 4.78 is 10.4. The lowest BCUT2D eigenvalue weighted by Gasteiger charge is -2.07. The summed E-state index contributed by atoms with van der Waals surface area (Å²) in [5, 5.41) is 8.23. The molecule has 0 bridgehead atoms. The Bertz CT molecular complexity index is 755. The van der Waals surface area contributed by atoms with E-state index in [2.05, 4.69) is 14.9 Å². The zero-order valence-corrected chi connectivity index (χ0v) is 10.8. The molecule has 0 aliphatic heterocycles. The fraction of sp³-hybridized carbons (Fsp3) is 0.0769. The summed E-state index contributed by atoms with van der Waals surface area (Å²) in [6.07, 6.45) is 0. The van der Waals surface area contributed by atoms with Crippen LogP contribution < -0.4 is 10.5 Å². The van der Waals surface area contributed by atoms with Crippen molar-refractivity contribution in [1.29, 1.82) is 0 Å². The van der Waals surface area contributed by atoms with E-state index in [1.165, 1.54) is 0 Å². The molecular weight excluding hydrogens is 266 g/mol. The van der Waals surface area contributed by atoms with Crippen LogP contribution in [0.15, 0.2) is 35.0 Å². The highest BCUT2D eigenvalue weighted by atomic mass is 35.5. The first-order valence-electron chi connectivity index (χ1n) is 5.60. The maximum Gasteiger partial charge on any atom is 0.179 e. The second-order valence-electron chi connectivity index (χ2n) is 4.13. The first-order valence-corrected chi connectivity index (χ1v) is 5.97. The van der Waals surface area contributed by atoms with E-state index in [-0.39, 0.29) is 0 Å². The summed E-state index contributed by atoms with van der Waals surface area (Å²) >= 11 is 5.97. The minimum Gasteiger partial charge on any atom is -0.455 e. The van der Waals surface area contributed by atoms with E-state index in [0.29, 0.717) is 33.2 Å². The molecule has 0 saturated carbocycles. The number of benzene rings is 2. The van der Waals surface area contributed by atoms with E-state index < -0.39 is 0 Å². The van der Waals surface area contributed by atoms with Crippen molar-refractivity contribution >= 4 is 28.3 Å². The molecule has 0 fully saturated rings. The van der Waals surface area contributed by atoms with E-state index in [1.54, 1.807) is 24.3 Å². The molecule has 6 heteroatoms. The maximum atomic E-state index is 5.97. The molecule has 0 atom stereocenters. The van der Waals surface area contributed by atoms with E-state index >= 15 is 0 Å². The molecule has 3 aromatic rings. The van der Waals surface area contributed by atoms with Crippen LogP contribution in [0, 0.1) is 6.92 Å². The average Bonchev–Trinajstić information content (AvgIpc) is 2.87. The molecule has 0 amide bonds. The van der Waals surface area contributed by atoms with Crippen molar-refractivity contribution in [1.82, 2.24) is 10.3 Å². The quantitative estimate of drug-likeness (QED) is 0.724. The van der Waals surface area contributed by atoms with Crippen LogP contribution in [0.3, 0.4) is 0 Å². The summed E-state index contributed by atoms with van der Waals surface area (Å²) in [6.45, 7) is 1.91. The number of halogens is 1. The summed E-state index contributed by atoms with van der Waals surface area (Å²) in [5.74, 6) is 1.20. The Hall–Kier alpha value is -2.27. The van der Waals surface area contributed by atoms with Crippen LogP contribution in [0.4, 0.5) is 5.69 Å². The highest BCUT2D eigenvalue weighted by Gasteiger charge is 2.12. The highest BCUT2D eigenvalue weighted by molar-refractivity contribution is 6.31. The molecule has 0 unspecified atom stereocenters. The maximum absolute atomic E-state index is 5.97. The number of hydrogen-bond donors (Lipinski definition) is 1. The van der Waals surface area contributed by atoms with E-state index in [1.807, 2.05) is 13.0 Å². The molecule has 0 radical (unpaired) electrons. The molecule has 5 nitrogen and oxygen atoms in total. The monoisotopic (exact) mass is 275 g/mol. The van der Waals surface area contributed by atoms with Crippen LogP contribution in [-0.4, -0.2) is 10.3 Å². The lowest BCUT2D eigenvalue weighted by Crippen LogP contribution is -1.90. The number of anilines is 1. The molecule has 2 aromatic carbocycles. The summed E-state index contributed by atoms with van der Waals surface area (Å²) in [4.78, 5) is 0. The lowest BCUT2D eigenvalue weighted by atomic mass is 10.2. The number of ether oxygens (including phenoxy) is 1. The standard InChI is InChI=1S/C13H10ClN3O2/c1-7-6-8(2-3-9(7)14)18-11-5-4-10(15)12-13(11)17-19-16-12/h2-6H,15H2,1H3. The van der Waals surface area contributed by atoms with Crippen LogP contribution in [0.1, 0.15) is 5.56 Å². The molecule has 19 heavy (non-hydrogen) atoms.